The lowest BCUT2D eigenvalue weighted by Gasteiger charge is -2.26. The first kappa shape index (κ1) is 21.6. The molecule has 2 aromatic carbocycles. The Kier molecular flexibility index (Phi) is 6.71. The van der Waals surface area contributed by atoms with Gasteiger partial charge >= 0.3 is 5.97 Å². The van der Waals surface area contributed by atoms with Gasteiger partial charge in [0.15, 0.2) is 17.2 Å². The van der Waals surface area contributed by atoms with Gasteiger partial charge in [0.25, 0.3) is 5.91 Å². The number of hydrogen-bond acceptors (Lipinski definition) is 7. The Bertz CT molecular complexity index is 1070. The monoisotopic (exact) mass is 426 g/mol. The van der Waals surface area contributed by atoms with Gasteiger partial charge in [0, 0.05) is 12.1 Å². The van der Waals surface area contributed by atoms with E-state index in [2.05, 4.69) is 10.3 Å². The molecular formula is C21H22N4O6. The van der Waals surface area contributed by atoms with Crippen molar-refractivity contribution in [2.45, 2.75) is 6.54 Å². The molecular weight excluding hydrogens is 404 g/mol. The van der Waals surface area contributed by atoms with Gasteiger partial charge in [-0.1, -0.05) is 23.4 Å². The van der Waals surface area contributed by atoms with E-state index in [4.69, 9.17) is 19.3 Å². The highest BCUT2D eigenvalue weighted by molar-refractivity contribution is 6.07. The van der Waals surface area contributed by atoms with Crippen molar-refractivity contribution in [3.05, 3.63) is 59.9 Å². The van der Waals surface area contributed by atoms with Gasteiger partial charge in [-0.05, 0) is 24.3 Å². The predicted octanol–water partition coefficient (Wildman–Crippen LogP) is 2.35. The van der Waals surface area contributed by atoms with Crippen molar-refractivity contribution in [1.29, 1.82) is 0 Å². The summed E-state index contributed by atoms with van der Waals surface area (Å²) in [7, 11) is 4.47. The third kappa shape index (κ3) is 4.58. The minimum atomic E-state index is -1.18. The van der Waals surface area contributed by atoms with Crippen LogP contribution in [0.5, 0.6) is 17.2 Å². The second-order valence-electron chi connectivity index (χ2n) is 6.35. The number of carboxylic acids is 1. The lowest BCUT2D eigenvalue weighted by atomic mass is 10.1. The Balaban J connectivity index is 2.01. The van der Waals surface area contributed by atoms with E-state index in [9.17, 15) is 9.59 Å². The summed E-state index contributed by atoms with van der Waals surface area (Å²) in [6.07, 6.45) is 1.30. The topological polar surface area (TPSA) is 116 Å². The quantitative estimate of drug-likeness (QED) is 0.554. The molecule has 3 rings (SSSR count). The Labute approximate surface area is 178 Å². The summed E-state index contributed by atoms with van der Waals surface area (Å²) in [6, 6.07) is 12.2. The zero-order valence-corrected chi connectivity index (χ0v) is 17.3. The number of benzene rings is 2. The largest absolute Gasteiger partial charge is 0.493 e. The molecule has 0 unspecified atom stereocenters. The van der Waals surface area contributed by atoms with Crippen LogP contribution < -0.4 is 19.1 Å². The van der Waals surface area contributed by atoms with Crippen molar-refractivity contribution in [3.63, 3.8) is 0 Å². The Morgan fingerprint density at radius 2 is 1.71 bits per heavy atom. The lowest BCUT2D eigenvalue weighted by molar-refractivity contribution is 0.0690. The number of hydrogen-bond donors (Lipinski definition) is 1. The molecule has 0 atom stereocenters. The standard InChI is InChI=1S/C21H22N4O6/c1-29-17-10-9-16(18(30-2)19(17)31-3)25(20(26)14-7-5-4-6-8-14)12-11-24-13-15(21(27)28)22-23-24/h4-10,13H,11-12H2,1-3H3,(H,27,28). The molecule has 1 heterocycles. The number of aromatic carboxylic acids is 1. The molecule has 1 N–H and O–H groups in total. The van der Waals surface area contributed by atoms with Crippen LogP contribution in [0.3, 0.4) is 0 Å². The third-order valence-corrected chi connectivity index (χ3v) is 4.55. The highest BCUT2D eigenvalue weighted by atomic mass is 16.5. The summed E-state index contributed by atoms with van der Waals surface area (Å²) in [5.74, 6) is -0.314. The molecule has 3 aromatic rings. The van der Waals surface area contributed by atoms with Gasteiger partial charge in [0.2, 0.25) is 5.75 Å². The number of carbonyl (C=O) groups is 2. The molecule has 0 bridgehead atoms. The van der Waals surface area contributed by atoms with Crippen LogP contribution in [0.2, 0.25) is 0 Å². The van der Waals surface area contributed by atoms with Gasteiger partial charge in [-0.15, -0.1) is 5.10 Å². The van der Waals surface area contributed by atoms with Crippen molar-refractivity contribution in [1.82, 2.24) is 15.0 Å². The first-order valence-electron chi connectivity index (χ1n) is 9.29. The average Bonchev–Trinajstić information content (AvgIpc) is 3.28. The number of aromatic nitrogens is 3. The van der Waals surface area contributed by atoms with Crippen molar-refractivity contribution in [3.8, 4) is 17.2 Å². The Hall–Kier alpha value is -4.08. The van der Waals surface area contributed by atoms with E-state index in [1.54, 1.807) is 36.4 Å². The van der Waals surface area contributed by atoms with E-state index in [1.807, 2.05) is 6.07 Å². The highest BCUT2D eigenvalue weighted by Crippen LogP contribution is 2.44. The zero-order valence-electron chi connectivity index (χ0n) is 17.3. The minimum absolute atomic E-state index is 0.169. The van der Waals surface area contributed by atoms with Crippen LogP contribution in [0.1, 0.15) is 20.8 Å². The normalized spacial score (nSPS) is 10.4. The molecule has 10 heteroatoms. The molecule has 1 aromatic heterocycles. The number of carboxylic acid groups (broad SMARTS) is 1. The summed E-state index contributed by atoms with van der Waals surface area (Å²) >= 11 is 0. The number of rotatable bonds is 9. The maximum atomic E-state index is 13.4. The van der Waals surface area contributed by atoms with Crippen LogP contribution in [0, 0.1) is 0 Å². The Morgan fingerprint density at radius 1 is 1.00 bits per heavy atom. The average molecular weight is 426 g/mol. The molecule has 1 amide bonds. The molecule has 0 aliphatic carbocycles. The zero-order chi connectivity index (χ0) is 22.4. The second-order valence-corrected chi connectivity index (χ2v) is 6.35. The summed E-state index contributed by atoms with van der Waals surface area (Å²) in [6.45, 7) is 0.373. The number of nitrogens with zero attached hydrogens (tertiary/aromatic N) is 4. The van der Waals surface area contributed by atoms with Crippen LogP contribution in [-0.4, -0.2) is 59.9 Å². The Morgan fingerprint density at radius 3 is 2.29 bits per heavy atom. The molecule has 10 nitrogen and oxygen atoms in total. The van der Waals surface area contributed by atoms with Crippen molar-refractivity contribution >= 4 is 17.6 Å². The number of ether oxygens (including phenoxy) is 3. The summed E-state index contributed by atoms with van der Waals surface area (Å²) < 4.78 is 17.7. The first-order valence-corrected chi connectivity index (χ1v) is 9.29. The fourth-order valence-corrected chi connectivity index (χ4v) is 3.07. The van der Waals surface area contributed by atoms with Crippen LogP contribution in [-0.2, 0) is 6.54 Å². The molecule has 0 radical (unpaired) electrons. The van der Waals surface area contributed by atoms with Gasteiger partial charge < -0.3 is 24.2 Å². The van der Waals surface area contributed by atoms with Crippen molar-refractivity contribution < 1.29 is 28.9 Å². The summed E-state index contributed by atoms with van der Waals surface area (Å²) in [5.41, 5.74) is 0.765. The maximum absolute atomic E-state index is 13.4. The van der Waals surface area contributed by atoms with Gasteiger partial charge in [-0.2, -0.15) is 0 Å². The van der Waals surface area contributed by atoms with E-state index >= 15 is 0 Å². The summed E-state index contributed by atoms with van der Waals surface area (Å²) in [5, 5.41) is 16.5. The first-order chi connectivity index (χ1) is 15.0. The van der Waals surface area contributed by atoms with Gasteiger partial charge in [-0.25, -0.2) is 9.48 Å². The van der Waals surface area contributed by atoms with Crippen LogP contribution in [0.15, 0.2) is 48.7 Å². The number of anilines is 1. The number of amides is 1. The molecule has 0 saturated heterocycles. The van der Waals surface area contributed by atoms with E-state index in [0.717, 1.165) is 0 Å². The molecule has 0 saturated carbocycles. The molecule has 0 fully saturated rings. The van der Waals surface area contributed by atoms with Gasteiger partial charge in [0.05, 0.1) is 39.8 Å². The lowest BCUT2D eigenvalue weighted by Crippen LogP contribution is -2.34. The third-order valence-electron chi connectivity index (χ3n) is 4.55. The van der Waals surface area contributed by atoms with E-state index in [1.165, 1.54) is 37.1 Å². The van der Waals surface area contributed by atoms with Gasteiger partial charge in [-0.3, -0.25) is 4.79 Å². The molecule has 162 valence electrons. The molecule has 31 heavy (non-hydrogen) atoms. The molecule has 0 spiro atoms. The van der Waals surface area contributed by atoms with E-state index in [-0.39, 0.29) is 24.7 Å². The number of methoxy groups -OCH3 is 3. The van der Waals surface area contributed by atoms with Gasteiger partial charge in [0.1, 0.15) is 0 Å². The second kappa shape index (κ2) is 9.61. The van der Waals surface area contributed by atoms with Crippen LogP contribution >= 0.6 is 0 Å². The van der Waals surface area contributed by atoms with E-state index in [0.29, 0.717) is 28.5 Å². The fourth-order valence-electron chi connectivity index (χ4n) is 3.07. The van der Waals surface area contributed by atoms with E-state index < -0.39 is 5.97 Å². The van der Waals surface area contributed by atoms with Crippen molar-refractivity contribution in [2.75, 3.05) is 32.8 Å². The predicted molar refractivity (Wildman–Crippen MR) is 111 cm³/mol. The van der Waals surface area contributed by atoms with Crippen LogP contribution in [0.25, 0.3) is 0 Å². The number of carbonyl (C=O) groups excluding carboxylic acids is 1. The SMILES string of the molecule is COc1ccc(N(CCn2cc(C(=O)O)nn2)C(=O)c2ccccc2)c(OC)c1OC. The molecule has 0 aliphatic heterocycles. The minimum Gasteiger partial charge on any atom is -0.493 e. The smallest absolute Gasteiger partial charge is 0.358 e. The highest BCUT2D eigenvalue weighted by Gasteiger charge is 2.25. The summed E-state index contributed by atoms with van der Waals surface area (Å²) in [4.78, 5) is 25.9. The maximum Gasteiger partial charge on any atom is 0.358 e. The van der Waals surface area contributed by atoms with Crippen LogP contribution in [0.4, 0.5) is 5.69 Å². The fraction of sp³-hybridized carbons (Fsp3) is 0.238. The molecule has 0 aliphatic rings. The van der Waals surface area contributed by atoms with Crippen molar-refractivity contribution in [2.24, 2.45) is 0 Å².